The molecule has 0 unspecified atom stereocenters. The number of carbonyl (C=O) groups excluding carboxylic acids is 1. The van der Waals surface area contributed by atoms with Crippen molar-refractivity contribution in [2.24, 2.45) is 0 Å². The average Bonchev–Trinajstić information content (AvgIpc) is 2.29. The molecule has 1 heterocycles. The molecule has 2 heteroatoms. The van der Waals surface area contributed by atoms with Gasteiger partial charge in [-0.2, -0.15) is 0 Å². The van der Waals surface area contributed by atoms with Gasteiger partial charge in [-0.15, -0.1) is 0 Å². The van der Waals surface area contributed by atoms with Crippen LogP contribution in [0.15, 0.2) is 18.2 Å². The van der Waals surface area contributed by atoms with Gasteiger partial charge >= 0.3 is 0 Å². The number of fused-ring (bicyclic) bond motifs is 1. The van der Waals surface area contributed by atoms with Crippen molar-refractivity contribution in [1.82, 2.24) is 0 Å². The van der Waals surface area contributed by atoms with Crippen molar-refractivity contribution in [2.45, 2.75) is 26.2 Å². The molecule has 0 aliphatic carbocycles. The molecule has 0 N–H and O–H groups in total. The lowest BCUT2D eigenvalue weighted by atomic mass is 9.83. The van der Waals surface area contributed by atoms with Crippen LogP contribution in [0.3, 0.4) is 0 Å². The molecule has 1 aliphatic heterocycles. The zero-order valence-electron chi connectivity index (χ0n) is 9.09. The number of benzene rings is 1. The number of rotatable bonds is 0. The maximum absolute atomic E-state index is 12.0. The van der Waals surface area contributed by atoms with Crippen molar-refractivity contribution in [2.75, 3.05) is 11.9 Å². The largest absolute Gasteiger partial charge is 0.314 e. The van der Waals surface area contributed by atoms with Crippen molar-refractivity contribution in [3.05, 3.63) is 29.3 Å². The first kappa shape index (κ1) is 9.25. The Kier molecular flexibility index (Phi) is 1.71. The number of hydrogen-bond acceptors (Lipinski definition) is 1. The first-order chi connectivity index (χ1) is 6.46. The number of nitrogens with zero attached hydrogens (tertiary/aromatic N) is 1. The number of aryl methyl sites for hydroxylation is 1. The highest BCUT2D eigenvalue weighted by atomic mass is 16.2. The Bertz CT molecular complexity index is 407. The van der Waals surface area contributed by atoms with E-state index >= 15 is 0 Å². The number of likely N-dealkylation sites (N-methyl/N-ethyl adjacent to an activating group) is 1. The van der Waals surface area contributed by atoms with Gasteiger partial charge in [-0.3, -0.25) is 4.79 Å². The molecule has 0 atom stereocenters. The molecule has 74 valence electrons. The zero-order valence-corrected chi connectivity index (χ0v) is 9.09. The minimum Gasteiger partial charge on any atom is -0.314 e. The molecule has 1 amide bonds. The molecule has 0 aromatic heterocycles. The lowest BCUT2D eigenvalue weighted by Crippen LogP contribution is -2.33. The third-order valence-corrected chi connectivity index (χ3v) is 3.08. The summed E-state index contributed by atoms with van der Waals surface area (Å²) in [5, 5.41) is 0. The normalized spacial score (nSPS) is 18.6. The van der Waals surface area contributed by atoms with Crippen LogP contribution in [0, 0.1) is 6.92 Å². The third-order valence-electron chi connectivity index (χ3n) is 3.08. The summed E-state index contributed by atoms with van der Waals surface area (Å²) >= 11 is 0. The van der Waals surface area contributed by atoms with E-state index in [4.69, 9.17) is 0 Å². The Labute approximate surface area is 84.5 Å². The van der Waals surface area contributed by atoms with Crippen molar-refractivity contribution < 1.29 is 4.79 Å². The Balaban J connectivity index is 2.75. The fourth-order valence-corrected chi connectivity index (χ4v) is 2.38. The van der Waals surface area contributed by atoms with Crippen molar-refractivity contribution in [3.63, 3.8) is 0 Å². The fraction of sp³-hybridized carbons (Fsp3) is 0.417. The van der Waals surface area contributed by atoms with E-state index in [9.17, 15) is 4.79 Å². The predicted octanol–water partition coefficient (Wildman–Crippen LogP) is 2.25. The molecule has 1 aromatic rings. The summed E-state index contributed by atoms with van der Waals surface area (Å²) < 4.78 is 0. The van der Waals surface area contributed by atoms with Gasteiger partial charge in [-0.1, -0.05) is 12.1 Å². The lowest BCUT2D eigenvalue weighted by molar-refractivity contribution is -0.121. The molecule has 0 radical (unpaired) electrons. The van der Waals surface area contributed by atoms with Gasteiger partial charge in [0.2, 0.25) is 5.91 Å². The molecular weight excluding hydrogens is 174 g/mol. The van der Waals surface area contributed by atoms with Gasteiger partial charge in [0.15, 0.2) is 0 Å². The summed E-state index contributed by atoms with van der Waals surface area (Å²) in [7, 11) is 1.84. The molecule has 0 saturated carbocycles. The van der Waals surface area contributed by atoms with Crippen LogP contribution in [0.1, 0.15) is 25.0 Å². The standard InChI is InChI=1S/C12H15NO/c1-8-6-5-7-9-10(8)12(2,3)11(14)13(9)4/h5-7H,1-4H3. The molecule has 0 bridgehead atoms. The van der Waals surface area contributed by atoms with Crippen LogP contribution in [-0.4, -0.2) is 13.0 Å². The minimum absolute atomic E-state index is 0.182. The van der Waals surface area contributed by atoms with E-state index in [0.717, 1.165) is 5.69 Å². The van der Waals surface area contributed by atoms with E-state index in [2.05, 4.69) is 13.0 Å². The van der Waals surface area contributed by atoms with Gasteiger partial charge in [-0.05, 0) is 38.0 Å². The lowest BCUT2D eigenvalue weighted by Gasteiger charge is -2.17. The van der Waals surface area contributed by atoms with Gasteiger partial charge in [0, 0.05) is 12.7 Å². The van der Waals surface area contributed by atoms with Crippen LogP contribution < -0.4 is 4.90 Å². The molecule has 2 rings (SSSR count). The summed E-state index contributed by atoms with van der Waals surface area (Å²) in [6.45, 7) is 6.04. The highest BCUT2D eigenvalue weighted by Crippen LogP contribution is 2.42. The molecule has 2 nitrogen and oxygen atoms in total. The maximum Gasteiger partial charge on any atom is 0.236 e. The monoisotopic (exact) mass is 189 g/mol. The van der Waals surface area contributed by atoms with Crippen molar-refractivity contribution >= 4 is 11.6 Å². The molecule has 14 heavy (non-hydrogen) atoms. The van der Waals surface area contributed by atoms with Crippen LogP contribution in [0.25, 0.3) is 0 Å². The van der Waals surface area contributed by atoms with Crippen LogP contribution >= 0.6 is 0 Å². The second-order valence-corrected chi connectivity index (χ2v) is 4.46. The second kappa shape index (κ2) is 2.59. The van der Waals surface area contributed by atoms with Crippen LogP contribution in [-0.2, 0) is 10.2 Å². The molecule has 1 aromatic carbocycles. The van der Waals surface area contributed by atoms with E-state index < -0.39 is 0 Å². The second-order valence-electron chi connectivity index (χ2n) is 4.46. The van der Waals surface area contributed by atoms with Gasteiger partial charge in [0.25, 0.3) is 0 Å². The van der Waals surface area contributed by atoms with Crippen LogP contribution in [0.2, 0.25) is 0 Å². The highest BCUT2D eigenvalue weighted by Gasteiger charge is 2.42. The number of anilines is 1. The Hall–Kier alpha value is -1.31. The quantitative estimate of drug-likeness (QED) is 0.613. The van der Waals surface area contributed by atoms with Crippen molar-refractivity contribution in [1.29, 1.82) is 0 Å². The van der Waals surface area contributed by atoms with Crippen molar-refractivity contribution in [3.8, 4) is 0 Å². The van der Waals surface area contributed by atoms with Gasteiger partial charge in [0.05, 0.1) is 5.41 Å². The molecule has 1 aliphatic rings. The van der Waals surface area contributed by atoms with E-state index in [1.165, 1.54) is 11.1 Å². The first-order valence-corrected chi connectivity index (χ1v) is 4.84. The molecule has 0 saturated heterocycles. The molecular formula is C12H15NO. The Morgan fingerprint density at radius 1 is 1.29 bits per heavy atom. The van der Waals surface area contributed by atoms with Crippen LogP contribution in [0.5, 0.6) is 0 Å². The van der Waals surface area contributed by atoms with Gasteiger partial charge < -0.3 is 4.90 Å². The predicted molar refractivity (Wildman–Crippen MR) is 57.6 cm³/mol. The first-order valence-electron chi connectivity index (χ1n) is 4.84. The number of carbonyl (C=O) groups is 1. The third kappa shape index (κ3) is 0.939. The summed E-state index contributed by atoms with van der Waals surface area (Å²) in [5.41, 5.74) is 3.06. The minimum atomic E-state index is -0.366. The van der Waals surface area contributed by atoms with Gasteiger partial charge in [0.1, 0.15) is 0 Å². The zero-order chi connectivity index (χ0) is 10.5. The Morgan fingerprint density at radius 2 is 1.93 bits per heavy atom. The summed E-state index contributed by atoms with van der Waals surface area (Å²) in [5.74, 6) is 0.182. The van der Waals surface area contributed by atoms with E-state index in [0.29, 0.717) is 0 Å². The molecule has 0 spiro atoms. The fourth-order valence-electron chi connectivity index (χ4n) is 2.38. The van der Waals surface area contributed by atoms with E-state index in [-0.39, 0.29) is 11.3 Å². The summed E-state index contributed by atoms with van der Waals surface area (Å²) in [6.07, 6.45) is 0. The topological polar surface area (TPSA) is 20.3 Å². The van der Waals surface area contributed by atoms with Gasteiger partial charge in [-0.25, -0.2) is 0 Å². The van der Waals surface area contributed by atoms with E-state index in [1.807, 2.05) is 33.0 Å². The smallest absolute Gasteiger partial charge is 0.236 e. The summed E-state index contributed by atoms with van der Waals surface area (Å²) in [4.78, 5) is 13.7. The highest BCUT2D eigenvalue weighted by molar-refractivity contribution is 6.07. The number of hydrogen-bond donors (Lipinski definition) is 0. The summed E-state index contributed by atoms with van der Waals surface area (Å²) in [6, 6.07) is 6.07. The Morgan fingerprint density at radius 3 is 2.50 bits per heavy atom. The maximum atomic E-state index is 12.0. The van der Waals surface area contributed by atoms with E-state index in [1.54, 1.807) is 4.90 Å². The SMILES string of the molecule is Cc1cccc2c1C(C)(C)C(=O)N2C. The average molecular weight is 189 g/mol. The number of amides is 1. The molecule has 0 fully saturated rings. The van der Waals surface area contributed by atoms with Crippen LogP contribution in [0.4, 0.5) is 5.69 Å².